The number of aryl methyl sites for hydroxylation is 3. The fourth-order valence-electron chi connectivity index (χ4n) is 2.56. The van der Waals surface area contributed by atoms with Gasteiger partial charge in [0, 0.05) is 18.3 Å². The largest absolute Gasteiger partial charge is 0.441 e. The van der Waals surface area contributed by atoms with E-state index in [-0.39, 0.29) is 11.9 Å². The molecule has 0 saturated carbocycles. The Hall–Kier alpha value is -2.82. The van der Waals surface area contributed by atoms with Gasteiger partial charge in [-0.25, -0.2) is 4.98 Å². The van der Waals surface area contributed by atoms with Crippen molar-refractivity contribution in [2.45, 2.75) is 33.7 Å². The molecule has 1 amide bonds. The highest BCUT2D eigenvalue weighted by Gasteiger charge is 2.14. The van der Waals surface area contributed by atoms with Crippen molar-refractivity contribution >= 4 is 28.4 Å². The highest BCUT2D eigenvalue weighted by Crippen LogP contribution is 2.21. The van der Waals surface area contributed by atoms with E-state index in [1.54, 1.807) is 0 Å². The molecule has 2 aromatic carbocycles. The molecule has 0 unspecified atom stereocenters. The molecule has 5 nitrogen and oxygen atoms in total. The molecule has 0 aliphatic heterocycles. The number of benzene rings is 2. The molecule has 0 saturated heterocycles. The van der Waals surface area contributed by atoms with E-state index >= 15 is 0 Å². The zero-order valence-corrected chi connectivity index (χ0v) is 14.3. The number of carbonyl (C=O) groups is 1. The van der Waals surface area contributed by atoms with E-state index in [1.807, 2.05) is 64.1 Å². The van der Waals surface area contributed by atoms with Crippen molar-refractivity contribution in [1.29, 1.82) is 0 Å². The number of carbonyl (C=O) groups excluding carboxylic acids is 1. The number of amides is 1. The Labute approximate surface area is 141 Å². The lowest BCUT2D eigenvalue weighted by Gasteiger charge is -2.16. The first-order chi connectivity index (χ1) is 11.4. The first kappa shape index (κ1) is 16.1. The van der Waals surface area contributed by atoms with Gasteiger partial charge in [-0.2, -0.15) is 0 Å². The Kier molecular flexibility index (Phi) is 4.25. The number of aromatic nitrogens is 1. The second-order valence-corrected chi connectivity index (χ2v) is 6.09. The molecular formula is C19H21N3O2. The van der Waals surface area contributed by atoms with Gasteiger partial charge in [0.25, 0.3) is 0 Å². The number of hydrogen-bond donors (Lipinski definition) is 2. The second-order valence-electron chi connectivity index (χ2n) is 6.09. The molecule has 2 N–H and O–H groups in total. The van der Waals surface area contributed by atoms with Crippen molar-refractivity contribution in [3.05, 3.63) is 53.4 Å². The van der Waals surface area contributed by atoms with E-state index in [0.29, 0.717) is 5.89 Å². The molecule has 1 atom stereocenters. The van der Waals surface area contributed by atoms with Gasteiger partial charge >= 0.3 is 0 Å². The Balaban J connectivity index is 1.71. The fraction of sp³-hybridized carbons (Fsp3) is 0.263. The molecular weight excluding hydrogens is 302 g/mol. The Bertz CT molecular complexity index is 899. The van der Waals surface area contributed by atoms with Crippen LogP contribution in [0.2, 0.25) is 0 Å². The fourth-order valence-corrected chi connectivity index (χ4v) is 2.56. The van der Waals surface area contributed by atoms with Crippen molar-refractivity contribution in [3.63, 3.8) is 0 Å². The molecule has 124 valence electrons. The van der Waals surface area contributed by atoms with Gasteiger partial charge < -0.3 is 15.1 Å². The SMILES string of the molecule is Cc1ccc(C)c(NC(=O)[C@@H](C)Nc2ccc3oc(C)nc3c2)c1. The van der Waals surface area contributed by atoms with E-state index in [9.17, 15) is 4.79 Å². The van der Waals surface area contributed by atoms with Crippen LogP contribution in [0.5, 0.6) is 0 Å². The van der Waals surface area contributed by atoms with Gasteiger partial charge in [0.2, 0.25) is 5.91 Å². The number of hydrogen-bond acceptors (Lipinski definition) is 4. The van der Waals surface area contributed by atoms with E-state index in [0.717, 1.165) is 33.6 Å². The quantitative estimate of drug-likeness (QED) is 0.755. The molecule has 0 bridgehead atoms. The van der Waals surface area contributed by atoms with Gasteiger partial charge in [0.1, 0.15) is 11.6 Å². The Morgan fingerprint density at radius 3 is 2.71 bits per heavy atom. The summed E-state index contributed by atoms with van der Waals surface area (Å²) in [6.07, 6.45) is 0. The number of oxazole rings is 1. The zero-order chi connectivity index (χ0) is 17.3. The van der Waals surface area contributed by atoms with E-state index < -0.39 is 0 Å². The smallest absolute Gasteiger partial charge is 0.246 e. The van der Waals surface area contributed by atoms with Gasteiger partial charge in [-0.05, 0) is 56.2 Å². The van der Waals surface area contributed by atoms with Crippen LogP contribution in [0.4, 0.5) is 11.4 Å². The third-order valence-electron chi connectivity index (χ3n) is 3.92. The average Bonchev–Trinajstić information content (AvgIpc) is 2.90. The maximum absolute atomic E-state index is 12.4. The van der Waals surface area contributed by atoms with Crippen molar-refractivity contribution in [2.24, 2.45) is 0 Å². The monoisotopic (exact) mass is 323 g/mol. The second kappa shape index (κ2) is 6.35. The normalized spacial score (nSPS) is 12.2. The number of nitrogens with one attached hydrogen (secondary N) is 2. The molecule has 1 heterocycles. The number of nitrogens with zero attached hydrogens (tertiary/aromatic N) is 1. The van der Waals surface area contributed by atoms with Crippen LogP contribution in [0, 0.1) is 20.8 Å². The first-order valence-corrected chi connectivity index (χ1v) is 7.94. The van der Waals surface area contributed by atoms with E-state index in [2.05, 4.69) is 15.6 Å². The van der Waals surface area contributed by atoms with Crippen LogP contribution < -0.4 is 10.6 Å². The third kappa shape index (κ3) is 3.40. The van der Waals surface area contributed by atoms with Gasteiger partial charge in [-0.1, -0.05) is 12.1 Å². The molecule has 1 aromatic heterocycles. The lowest BCUT2D eigenvalue weighted by molar-refractivity contribution is -0.116. The molecule has 0 radical (unpaired) electrons. The predicted molar refractivity (Wildman–Crippen MR) is 96.4 cm³/mol. The lowest BCUT2D eigenvalue weighted by atomic mass is 10.1. The Morgan fingerprint density at radius 2 is 1.92 bits per heavy atom. The average molecular weight is 323 g/mol. The predicted octanol–water partition coefficient (Wildman–Crippen LogP) is 4.19. The van der Waals surface area contributed by atoms with Crippen molar-refractivity contribution < 1.29 is 9.21 Å². The minimum atomic E-state index is -0.379. The summed E-state index contributed by atoms with van der Waals surface area (Å²) < 4.78 is 5.46. The molecule has 0 spiro atoms. The zero-order valence-electron chi connectivity index (χ0n) is 14.3. The molecule has 24 heavy (non-hydrogen) atoms. The topological polar surface area (TPSA) is 67.2 Å². The van der Waals surface area contributed by atoms with Crippen LogP contribution in [0.3, 0.4) is 0 Å². The minimum Gasteiger partial charge on any atom is -0.441 e. The summed E-state index contributed by atoms with van der Waals surface area (Å²) in [6.45, 7) is 7.63. The number of fused-ring (bicyclic) bond motifs is 1. The Morgan fingerprint density at radius 1 is 1.12 bits per heavy atom. The maximum atomic E-state index is 12.4. The van der Waals surface area contributed by atoms with Crippen LogP contribution in [0.1, 0.15) is 23.9 Å². The van der Waals surface area contributed by atoms with Crippen LogP contribution in [-0.4, -0.2) is 16.9 Å². The van der Waals surface area contributed by atoms with E-state index in [4.69, 9.17) is 4.42 Å². The van der Waals surface area contributed by atoms with Crippen molar-refractivity contribution in [1.82, 2.24) is 4.98 Å². The molecule has 0 aliphatic rings. The van der Waals surface area contributed by atoms with Crippen molar-refractivity contribution in [2.75, 3.05) is 10.6 Å². The molecule has 0 aliphatic carbocycles. The summed E-state index contributed by atoms with van der Waals surface area (Å²) in [7, 11) is 0. The van der Waals surface area contributed by atoms with E-state index in [1.165, 1.54) is 0 Å². The highest BCUT2D eigenvalue weighted by molar-refractivity contribution is 5.97. The number of anilines is 2. The molecule has 0 fully saturated rings. The van der Waals surface area contributed by atoms with Crippen LogP contribution in [0.25, 0.3) is 11.1 Å². The first-order valence-electron chi connectivity index (χ1n) is 7.94. The third-order valence-corrected chi connectivity index (χ3v) is 3.92. The standard InChI is InChI=1S/C19H21N3O2/c1-11-5-6-12(2)16(9-11)22-19(23)13(3)20-15-7-8-18-17(10-15)21-14(4)24-18/h5-10,13,20H,1-4H3,(H,22,23)/t13-/m1/s1. The summed E-state index contributed by atoms with van der Waals surface area (Å²) in [5.41, 5.74) is 5.35. The summed E-state index contributed by atoms with van der Waals surface area (Å²) >= 11 is 0. The van der Waals surface area contributed by atoms with Gasteiger partial charge in [-0.3, -0.25) is 4.79 Å². The van der Waals surface area contributed by atoms with Crippen LogP contribution >= 0.6 is 0 Å². The summed E-state index contributed by atoms with van der Waals surface area (Å²) in [4.78, 5) is 16.7. The molecule has 3 rings (SSSR count). The molecule has 5 heteroatoms. The van der Waals surface area contributed by atoms with Gasteiger partial charge in [0.15, 0.2) is 11.5 Å². The molecule has 3 aromatic rings. The lowest BCUT2D eigenvalue weighted by Crippen LogP contribution is -2.32. The van der Waals surface area contributed by atoms with Crippen LogP contribution in [-0.2, 0) is 4.79 Å². The minimum absolute atomic E-state index is 0.0832. The van der Waals surface area contributed by atoms with Crippen molar-refractivity contribution in [3.8, 4) is 0 Å². The van der Waals surface area contributed by atoms with Gasteiger partial charge in [-0.15, -0.1) is 0 Å². The van der Waals surface area contributed by atoms with Crippen LogP contribution in [0.15, 0.2) is 40.8 Å². The van der Waals surface area contributed by atoms with Gasteiger partial charge in [0.05, 0.1) is 0 Å². The highest BCUT2D eigenvalue weighted by atomic mass is 16.3. The maximum Gasteiger partial charge on any atom is 0.246 e. The number of rotatable bonds is 4. The summed E-state index contributed by atoms with van der Waals surface area (Å²) in [5.74, 6) is 0.544. The summed E-state index contributed by atoms with van der Waals surface area (Å²) in [5, 5.41) is 6.18. The summed E-state index contributed by atoms with van der Waals surface area (Å²) in [6, 6.07) is 11.3.